The molecule has 0 aliphatic carbocycles. The second kappa shape index (κ2) is 3.25. The predicted molar refractivity (Wildman–Crippen MR) is 45.4 cm³/mol. The SMILES string of the molecule is Cc1nc2c(OC(F)F)cccc2o1. The van der Waals surface area contributed by atoms with Crippen LogP contribution < -0.4 is 4.74 Å². The van der Waals surface area contributed by atoms with E-state index in [0.717, 1.165) is 0 Å². The monoisotopic (exact) mass is 199 g/mol. The van der Waals surface area contributed by atoms with Gasteiger partial charge in [0, 0.05) is 6.92 Å². The molecule has 0 atom stereocenters. The fraction of sp³-hybridized carbons (Fsp3) is 0.222. The second-order valence-corrected chi connectivity index (χ2v) is 2.71. The minimum Gasteiger partial charge on any atom is -0.441 e. The summed E-state index contributed by atoms with van der Waals surface area (Å²) in [5.74, 6) is 0.458. The first-order valence-corrected chi connectivity index (χ1v) is 3.98. The molecule has 14 heavy (non-hydrogen) atoms. The molecule has 0 unspecified atom stereocenters. The van der Waals surface area contributed by atoms with E-state index >= 15 is 0 Å². The Morgan fingerprint density at radius 3 is 2.93 bits per heavy atom. The maximum atomic E-state index is 12.0. The molecule has 0 aliphatic rings. The number of aryl methyl sites for hydroxylation is 1. The zero-order chi connectivity index (χ0) is 10.1. The molecule has 2 rings (SSSR count). The third kappa shape index (κ3) is 1.53. The Balaban J connectivity index is 2.53. The van der Waals surface area contributed by atoms with Gasteiger partial charge in [-0.25, -0.2) is 4.98 Å². The van der Waals surface area contributed by atoms with Crippen molar-refractivity contribution in [3.8, 4) is 5.75 Å². The molecular formula is C9H7F2NO2. The van der Waals surface area contributed by atoms with Gasteiger partial charge in [0.25, 0.3) is 0 Å². The van der Waals surface area contributed by atoms with E-state index < -0.39 is 6.61 Å². The minimum atomic E-state index is -2.85. The third-order valence-corrected chi connectivity index (χ3v) is 1.70. The lowest BCUT2D eigenvalue weighted by Gasteiger charge is -2.02. The molecular weight excluding hydrogens is 192 g/mol. The van der Waals surface area contributed by atoms with Gasteiger partial charge < -0.3 is 9.15 Å². The number of halogens is 2. The molecule has 0 saturated carbocycles. The number of hydrogen-bond acceptors (Lipinski definition) is 3. The molecule has 0 N–H and O–H groups in total. The topological polar surface area (TPSA) is 35.3 Å². The van der Waals surface area contributed by atoms with Crippen LogP contribution >= 0.6 is 0 Å². The van der Waals surface area contributed by atoms with Gasteiger partial charge in [-0.05, 0) is 12.1 Å². The van der Waals surface area contributed by atoms with E-state index in [9.17, 15) is 8.78 Å². The summed E-state index contributed by atoms with van der Waals surface area (Å²) in [6.45, 7) is -1.20. The van der Waals surface area contributed by atoms with Gasteiger partial charge in [0.2, 0.25) is 0 Å². The lowest BCUT2D eigenvalue weighted by atomic mass is 10.3. The Labute approximate surface area is 78.3 Å². The molecule has 0 amide bonds. The Morgan fingerprint density at radius 2 is 2.21 bits per heavy atom. The van der Waals surface area contributed by atoms with Gasteiger partial charge in [-0.2, -0.15) is 8.78 Å². The van der Waals surface area contributed by atoms with Gasteiger partial charge in [-0.15, -0.1) is 0 Å². The summed E-state index contributed by atoms with van der Waals surface area (Å²) in [7, 11) is 0. The summed E-state index contributed by atoms with van der Waals surface area (Å²) in [6.07, 6.45) is 0. The summed E-state index contributed by atoms with van der Waals surface area (Å²) in [4.78, 5) is 3.94. The van der Waals surface area contributed by atoms with Gasteiger partial charge in [0.15, 0.2) is 22.7 Å². The zero-order valence-corrected chi connectivity index (χ0v) is 7.33. The lowest BCUT2D eigenvalue weighted by Crippen LogP contribution is -2.02. The smallest absolute Gasteiger partial charge is 0.387 e. The molecule has 0 radical (unpaired) electrons. The number of para-hydroxylation sites is 1. The number of ether oxygens (including phenoxy) is 1. The van der Waals surface area contributed by atoms with Gasteiger partial charge in [-0.3, -0.25) is 0 Å². The number of oxazole rings is 1. The van der Waals surface area contributed by atoms with Crippen molar-refractivity contribution >= 4 is 11.1 Å². The van der Waals surface area contributed by atoms with Crippen LogP contribution in [0.3, 0.4) is 0 Å². The van der Waals surface area contributed by atoms with E-state index in [2.05, 4.69) is 9.72 Å². The van der Waals surface area contributed by atoms with Crippen LogP contribution in [0.25, 0.3) is 11.1 Å². The highest BCUT2D eigenvalue weighted by Gasteiger charge is 2.11. The molecule has 0 aliphatic heterocycles. The maximum Gasteiger partial charge on any atom is 0.387 e. The Hall–Kier alpha value is -1.65. The first-order valence-electron chi connectivity index (χ1n) is 3.98. The van der Waals surface area contributed by atoms with E-state index in [1.807, 2.05) is 0 Å². The number of aromatic nitrogens is 1. The van der Waals surface area contributed by atoms with Crippen molar-refractivity contribution in [2.45, 2.75) is 13.5 Å². The molecule has 0 fully saturated rings. The highest BCUT2D eigenvalue weighted by Crippen LogP contribution is 2.26. The van der Waals surface area contributed by atoms with Crippen LogP contribution in [0.5, 0.6) is 5.75 Å². The summed E-state index contributed by atoms with van der Waals surface area (Å²) in [5.41, 5.74) is 0.769. The molecule has 0 spiro atoms. The molecule has 3 nitrogen and oxygen atoms in total. The Bertz CT molecular complexity index is 453. The number of benzene rings is 1. The van der Waals surface area contributed by atoms with Crippen molar-refractivity contribution in [2.75, 3.05) is 0 Å². The standard InChI is InChI=1S/C9H7F2NO2/c1-5-12-8-6(13-5)3-2-4-7(8)14-9(10)11/h2-4,9H,1H3. The van der Waals surface area contributed by atoms with Gasteiger partial charge in [0.1, 0.15) is 0 Å². The normalized spacial score (nSPS) is 11.1. The Kier molecular flexibility index (Phi) is 2.07. The van der Waals surface area contributed by atoms with Crippen LogP contribution in [0.4, 0.5) is 8.78 Å². The maximum absolute atomic E-state index is 12.0. The first-order chi connectivity index (χ1) is 6.66. The summed E-state index contributed by atoms with van der Waals surface area (Å²) in [5, 5.41) is 0. The number of hydrogen-bond donors (Lipinski definition) is 0. The van der Waals surface area contributed by atoms with E-state index in [4.69, 9.17) is 4.42 Å². The molecule has 74 valence electrons. The summed E-state index contributed by atoms with van der Waals surface area (Å²) in [6, 6.07) is 4.65. The number of rotatable bonds is 2. The van der Waals surface area contributed by atoms with E-state index in [1.54, 1.807) is 19.1 Å². The summed E-state index contributed by atoms with van der Waals surface area (Å²) >= 11 is 0. The number of nitrogens with zero attached hydrogens (tertiary/aromatic N) is 1. The molecule has 2 aromatic rings. The van der Waals surface area contributed by atoms with Crippen LogP contribution in [0.15, 0.2) is 22.6 Å². The van der Waals surface area contributed by atoms with Crippen molar-refractivity contribution < 1.29 is 17.9 Å². The van der Waals surface area contributed by atoms with Crippen molar-refractivity contribution in [1.82, 2.24) is 4.98 Å². The third-order valence-electron chi connectivity index (χ3n) is 1.70. The van der Waals surface area contributed by atoms with Crippen LogP contribution in [-0.2, 0) is 0 Å². The van der Waals surface area contributed by atoms with Crippen LogP contribution in [0.1, 0.15) is 5.89 Å². The quantitative estimate of drug-likeness (QED) is 0.745. The largest absolute Gasteiger partial charge is 0.441 e. The van der Waals surface area contributed by atoms with Gasteiger partial charge >= 0.3 is 6.61 Å². The van der Waals surface area contributed by atoms with Gasteiger partial charge in [-0.1, -0.05) is 6.07 Å². The number of fused-ring (bicyclic) bond motifs is 1. The average Bonchev–Trinajstić information content (AvgIpc) is 2.45. The molecule has 1 heterocycles. The molecule has 1 aromatic heterocycles. The predicted octanol–water partition coefficient (Wildman–Crippen LogP) is 2.74. The van der Waals surface area contributed by atoms with Crippen molar-refractivity contribution in [2.24, 2.45) is 0 Å². The molecule has 0 saturated heterocycles. The van der Waals surface area contributed by atoms with E-state index in [-0.39, 0.29) is 5.75 Å². The van der Waals surface area contributed by atoms with Crippen LogP contribution in [-0.4, -0.2) is 11.6 Å². The van der Waals surface area contributed by atoms with Gasteiger partial charge in [0.05, 0.1) is 0 Å². The van der Waals surface area contributed by atoms with Crippen LogP contribution in [0, 0.1) is 6.92 Å². The minimum absolute atomic E-state index is 0.0364. The fourth-order valence-electron chi connectivity index (χ4n) is 1.23. The Morgan fingerprint density at radius 1 is 1.43 bits per heavy atom. The van der Waals surface area contributed by atoms with Crippen molar-refractivity contribution in [1.29, 1.82) is 0 Å². The van der Waals surface area contributed by atoms with Crippen molar-refractivity contribution in [3.63, 3.8) is 0 Å². The average molecular weight is 199 g/mol. The molecule has 0 bridgehead atoms. The summed E-state index contributed by atoms with van der Waals surface area (Å²) < 4.78 is 33.4. The first kappa shape index (κ1) is 8.93. The number of alkyl halides is 2. The van der Waals surface area contributed by atoms with E-state index in [1.165, 1.54) is 6.07 Å². The van der Waals surface area contributed by atoms with Crippen molar-refractivity contribution in [3.05, 3.63) is 24.1 Å². The second-order valence-electron chi connectivity index (χ2n) is 2.71. The molecule has 5 heteroatoms. The van der Waals surface area contributed by atoms with E-state index in [0.29, 0.717) is 17.0 Å². The van der Waals surface area contributed by atoms with Crippen LogP contribution in [0.2, 0.25) is 0 Å². The zero-order valence-electron chi connectivity index (χ0n) is 7.33. The highest BCUT2D eigenvalue weighted by molar-refractivity contribution is 5.79. The highest BCUT2D eigenvalue weighted by atomic mass is 19.3. The lowest BCUT2D eigenvalue weighted by molar-refractivity contribution is -0.0489. The molecule has 1 aromatic carbocycles. The fourth-order valence-corrected chi connectivity index (χ4v) is 1.23.